The zero-order valence-corrected chi connectivity index (χ0v) is 11.9. The summed E-state index contributed by atoms with van der Waals surface area (Å²) in [5.74, 6) is -0.304. The molecule has 1 saturated heterocycles. The van der Waals surface area contributed by atoms with Gasteiger partial charge in [0.05, 0.1) is 23.1 Å². The van der Waals surface area contributed by atoms with Crippen molar-refractivity contribution in [2.45, 2.75) is 24.7 Å². The van der Waals surface area contributed by atoms with Gasteiger partial charge in [0, 0.05) is 13.0 Å². The van der Waals surface area contributed by atoms with E-state index in [1.165, 1.54) is 0 Å². The maximum Gasteiger partial charge on any atom is 0.218 e. The fraction of sp³-hybridized carbons (Fsp3) is 0.438. The standard InChI is InChI=1S/C16H18N4O/c17-11-13-3-1-2-4-14(13)16(12-18)6-9-20(10-7-16)8-5-15(19)21/h1-4H,5-10H2,(H2,19,21). The molecular weight excluding hydrogens is 264 g/mol. The third kappa shape index (κ3) is 3.21. The van der Waals surface area contributed by atoms with Crippen molar-refractivity contribution in [2.24, 2.45) is 5.73 Å². The number of hydrogen-bond donors (Lipinski definition) is 1. The number of primary amides is 1. The third-order valence-corrected chi connectivity index (χ3v) is 4.16. The number of nitrogens with zero attached hydrogens (tertiary/aromatic N) is 3. The zero-order chi connectivity index (χ0) is 15.3. The van der Waals surface area contributed by atoms with Crippen molar-refractivity contribution in [3.63, 3.8) is 0 Å². The highest BCUT2D eigenvalue weighted by atomic mass is 16.1. The molecule has 2 rings (SSSR count). The van der Waals surface area contributed by atoms with Crippen LogP contribution in [-0.2, 0) is 10.2 Å². The molecule has 108 valence electrons. The van der Waals surface area contributed by atoms with Crippen LogP contribution >= 0.6 is 0 Å². The van der Waals surface area contributed by atoms with E-state index in [0.717, 1.165) is 18.7 Å². The van der Waals surface area contributed by atoms with Gasteiger partial charge >= 0.3 is 0 Å². The minimum atomic E-state index is -0.602. The lowest BCUT2D eigenvalue weighted by Crippen LogP contribution is -2.43. The SMILES string of the molecule is N#Cc1ccccc1C1(C#N)CCN(CCC(N)=O)CC1. The first-order chi connectivity index (χ1) is 10.1. The maximum absolute atomic E-state index is 10.8. The molecule has 1 heterocycles. The predicted octanol–water partition coefficient (Wildman–Crippen LogP) is 1.29. The summed E-state index contributed by atoms with van der Waals surface area (Å²) in [6, 6.07) is 11.9. The van der Waals surface area contributed by atoms with E-state index in [-0.39, 0.29) is 5.91 Å². The normalized spacial score (nSPS) is 17.6. The van der Waals surface area contributed by atoms with E-state index in [1.807, 2.05) is 18.2 Å². The van der Waals surface area contributed by atoms with Crippen LogP contribution in [0.1, 0.15) is 30.4 Å². The van der Waals surface area contributed by atoms with Gasteiger partial charge in [-0.25, -0.2) is 0 Å². The molecule has 0 radical (unpaired) electrons. The number of carbonyl (C=O) groups is 1. The molecule has 0 aromatic heterocycles. The summed E-state index contributed by atoms with van der Waals surface area (Å²) in [4.78, 5) is 13.0. The number of hydrogen-bond acceptors (Lipinski definition) is 4. The average molecular weight is 282 g/mol. The molecule has 2 N–H and O–H groups in total. The molecule has 1 aliphatic rings. The Morgan fingerprint density at radius 1 is 1.29 bits per heavy atom. The highest BCUT2D eigenvalue weighted by molar-refractivity contribution is 5.73. The Kier molecular flexibility index (Phi) is 4.57. The molecule has 1 aromatic rings. The van der Waals surface area contributed by atoms with Crippen LogP contribution in [0, 0.1) is 22.7 Å². The van der Waals surface area contributed by atoms with Crippen LogP contribution in [-0.4, -0.2) is 30.4 Å². The summed E-state index contributed by atoms with van der Waals surface area (Å²) < 4.78 is 0. The van der Waals surface area contributed by atoms with E-state index >= 15 is 0 Å². The number of piperidine rings is 1. The molecule has 21 heavy (non-hydrogen) atoms. The van der Waals surface area contributed by atoms with E-state index in [1.54, 1.807) is 6.07 Å². The molecule has 0 spiro atoms. The summed E-state index contributed by atoms with van der Waals surface area (Å²) in [5, 5.41) is 18.9. The Balaban J connectivity index is 2.14. The van der Waals surface area contributed by atoms with Crippen molar-refractivity contribution in [1.29, 1.82) is 10.5 Å². The summed E-state index contributed by atoms with van der Waals surface area (Å²) >= 11 is 0. The maximum atomic E-state index is 10.8. The molecule has 0 unspecified atom stereocenters. The van der Waals surface area contributed by atoms with Gasteiger partial charge in [-0.1, -0.05) is 18.2 Å². The van der Waals surface area contributed by atoms with Gasteiger partial charge < -0.3 is 10.6 Å². The molecule has 1 amide bonds. The van der Waals surface area contributed by atoms with Crippen molar-refractivity contribution in [3.05, 3.63) is 35.4 Å². The second-order valence-corrected chi connectivity index (χ2v) is 5.41. The number of benzene rings is 1. The van der Waals surface area contributed by atoms with Crippen molar-refractivity contribution >= 4 is 5.91 Å². The Hall–Kier alpha value is -2.37. The molecule has 5 heteroatoms. The quantitative estimate of drug-likeness (QED) is 0.900. The molecule has 1 fully saturated rings. The largest absolute Gasteiger partial charge is 0.370 e. The molecule has 0 saturated carbocycles. The lowest BCUT2D eigenvalue weighted by atomic mass is 9.72. The van der Waals surface area contributed by atoms with Crippen LogP contribution in [0.2, 0.25) is 0 Å². The van der Waals surface area contributed by atoms with Gasteiger partial charge in [-0.2, -0.15) is 10.5 Å². The van der Waals surface area contributed by atoms with E-state index in [0.29, 0.717) is 31.4 Å². The summed E-state index contributed by atoms with van der Waals surface area (Å²) in [6.45, 7) is 2.11. The first kappa shape index (κ1) is 15.0. The van der Waals surface area contributed by atoms with Crippen molar-refractivity contribution < 1.29 is 4.79 Å². The number of nitrogens with two attached hydrogens (primary N) is 1. The van der Waals surface area contributed by atoms with E-state index in [4.69, 9.17) is 5.73 Å². The fourth-order valence-electron chi connectivity index (χ4n) is 2.87. The number of amides is 1. The highest BCUT2D eigenvalue weighted by Crippen LogP contribution is 2.36. The predicted molar refractivity (Wildman–Crippen MR) is 77.9 cm³/mol. The van der Waals surface area contributed by atoms with Gasteiger partial charge in [-0.15, -0.1) is 0 Å². The zero-order valence-electron chi connectivity index (χ0n) is 11.9. The van der Waals surface area contributed by atoms with Gasteiger partial charge in [0.25, 0.3) is 0 Å². The van der Waals surface area contributed by atoms with Crippen molar-refractivity contribution in [3.8, 4) is 12.1 Å². The molecule has 5 nitrogen and oxygen atoms in total. The Labute approximate surface area is 124 Å². The van der Waals surface area contributed by atoms with Gasteiger partial charge in [0.1, 0.15) is 0 Å². The first-order valence-electron chi connectivity index (χ1n) is 7.03. The second-order valence-electron chi connectivity index (χ2n) is 5.41. The number of carbonyl (C=O) groups excluding carboxylic acids is 1. The molecule has 0 aliphatic carbocycles. The van der Waals surface area contributed by atoms with Crippen LogP contribution < -0.4 is 5.73 Å². The first-order valence-corrected chi connectivity index (χ1v) is 7.03. The average Bonchev–Trinajstić information content (AvgIpc) is 2.53. The van der Waals surface area contributed by atoms with Gasteiger partial charge in [0.15, 0.2) is 0 Å². The number of nitriles is 2. The highest BCUT2D eigenvalue weighted by Gasteiger charge is 2.37. The second kappa shape index (κ2) is 6.39. The van der Waals surface area contributed by atoms with Gasteiger partial charge in [0.2, 0.25) is 5.91 Å². The van der Waals surface area contributed by atoms with Gasteiger partial charge in [-0.05, 0) is 37.6 Å². The lowest BCUT2D eigenvalue weighted by molar-refractivity contribution is -0.118. The monoisotopic (exact) mass is 282 g/mol. The summed E-state index contributed by atoms with van der Waals surface area (Å²) in [5.41, 5.74) is 5.96. The van der Waals surface area contributed by atoms with Crippen LogP contribution in [0.5, 0.6) is 0 Å². The molecule has 1 aromatic carbocycles. The van der Waals surface area contributed by atoms with E-state index in [9.17, 15) is 15.3 Å². The van der Waals surface area contributed by atoms with E-state index < -0.39 is 5.41 Å². The molecule has 0 atom stereocenters. The Morgan fingerprint density at radius 2 is 1.95 bits per heavy atom. The summed E-state index contributed by atoms with van der Waals surface area (Å²) in [6.07, 6.45) is 1.68. The summed E-state index contributed by atoms with van der Waals surface area (Å²) in [7, 11) is 0. The Bertz CT molecular complexity index is 603. The van der Waals surface area contributed by atoms with Gasteiger partial charge in [-0.3, -0.25) is 4.79 Å². The molecule has 0 bridgehead atoms. The van der Waals surface area contributed by atoms with Crippen LogP contribution in [0.3, 0.4) is 0 Å². The number of likely N-dealkylation sites (tertiary alicyclic amines) is 1. The van der Waals surface area contributed by atoms with Crippen molar-refractivity contribution in [2.75, 3.05) is 19.6 Å². The topological polar surface area (TPSA) is 93.9 Å². The smallest absolute Gasteiger partial charge is 0.218 e. The van der Waals surface area contributed by atoms with Crippen molar-refractivity contribution in [1.82, 2.24) is 4.90 Å². The minimum absolute atomic E-state index is 0.304. The van der Waals surface area contributed by atoms with Crippen LogP contribution in [0.15, 0.2) is 24.3 Å². The third-order valence-electron chi connectivity index (χ3n) is 4.16. The molecule has 1 aliphatic heterocycles. The minimum Gasteiger partial charge on any atom is -0.370 e. The Morgan fingerprint density at radius 3 is 2.52 bits per heavy atom. The molecular formula is C16H18N4O. The number of rotatable bonds is 4. The van der Waals surface area contributed by atoms with Crippen LogP contribution in [0.25, 0.3) is 0 Å². The van der Waals surface area contributed by atoms with Crippen LogP contribution in [0.4, 0.5) is 0 Å². The fourth-order valence-corrected chi connectivity index (χ4v) is 2.87. The van der Waals surface area contributed by atoms with E-state index in [2.05, 4.69) is 17.0 Å². The lowest BCUT2D eigenvalue weighted by Gasteiger charge is -2.37.